The van der Waals surface area contributed by atoms with Crippen molar-refractivity contribution in [3.63, 3.8) is 0 Å². The highest BCUT2D eigenvalue weighted by Gasteiger charge is 2.24. The summed E-state index contributed by atoms with van der Waals surface area (Å²) in [6.07, 6.45) is 8.67. The second kappa shape index (κ2) is 6.93. The first-order valence-corrected chi connectivity index (χ1v) is 6.81. The first-order valence-electron chi connectivity index (χ1n) is 6.81. The van der Waals surface area contributed by atoms with Crippen molar-refractivity contribution in [1.82, 2.24) is 9.55 Å². The summed E-state index contributed by atoms with van der Waals surface area (Å²) in [7, 11) is 0. The number of aldehydes is 1. The average Bonchev–Trinajstić information content (AvgIpc) is 2.91. The number of carbonyl (C=O) groups is 1. The van der Waals surface area contributed by atoms with Crippen LogP contribution in [-0.4, -0.2) is 27.5 Å². The molecule has 0 aliphatic carbocycles. The van der Waals surface area contributed by atoms with Crippen molar-refractivity contribution in [1.29, 1.82) is 0 Å². The van der Waals surface area contributed by atoms with Gasteiger partial charge in [0, 0.05) is 24.5 Å². The van der Waals surface area contributed by atoms with Gasteiger partial charge >= 0.3 is 0 Å². The van der Waals surface area contributed by atoms with Gasteiger partial charge in [-0.25, -0.2) is 15.0 Å². The molecule has 0 N–H and O–H groups in total. The van der Waals surface area contributed by atoms with Crippen LogP contribution in [-0.2, 0) is 4.79 Å². The van der Waals surface area contributed by atoms with Crippen molar-refractivity contribution in [3.05, 3.63) is 30.5 Å². The molecule has 5 nitrogen and oxygen atoms in total. The lowest BCUT2D eigenvalue weighted by atomic mass is 9.90. The topological polar surface area (TPSA) is 59.6 Å². The van der Waals surface area contributed by atoms with E-state index in [1.165, 1.54) is 0 Å². The van der Waals surface area contributed by atoms with Crippen LogP contribution >= 0.6 is 0 Å². The summed E-state index contributed by atoms with van der Waals surface area (Å²) in [5.41, 5.74) is 1.09. The molecular formula is C15H22N4O. The van der Waals surface area contributed by atoms with Crippen LogP contribution in [0.15, 0.2) is 40.5 Å². The summed E-state index contributed by atoms with van der Waals surface area (Å²) in [6.45, 7) is 9.64. The second-order valence-electron chi connectivity index (χ2n) is 4.86. The number of imidazole rings is 1. The van der Waals surface area contributed by atoms with Gasteiger partial charge in [0.2, 0.25) is 5.96 Å². The predicted molar refractivity (Wildman–Crippen MR) is 82.1 cm³/mol. The number of nitrogens with zero attached hydrogens (tertiary/aromatic N) is 4. The van der Waals surface area contributed by atoms with Crippen LogP contribution in [0, 0.1) is 5.41 Å². The first-order chi connectivity index (χ1) is 9.53. The number of hydrogen-bond donors (Lipinski definition) is 0. The van der Waals surface area contributed by atoms with Crippen LogP contribution in [0.1, 0.15) is 41.0 Å². The Balaban J connectivity index is 0.000000956. The highest BCUT2D eigenvalue weighted by molar-refractivity contribution is 5.99. The molecule has 2 heterocycles. The zero-order valence-electron chi connectivity index (χ0n) is 12.8. The molecule has 0 bridgehead atoms. The minimum atomic E-state index is -0.605. The van der Waals surface area contributed by atoms with E-state index >= 15 is 0 Å². The van der Waals surface area contributed by atoms with Gasteiger partial charge in [-0.3, -0.25) is 4.57 Å². The molecule has 0 amide bonds. The van der Waals surface area contributed by atoms with E-state index in [0.29, 0.717) is 12.4 Å². The minimum absolute atomic E-state index is 0.545. The number of hydrogen-bond acceptors (Lipinski definition) is 4. The standard InChI is InChI=1S/C13H16N4O.C2H6/c1-10-4-5-11(13(2,3)8-18)16-12(15-10)17-7-6-14-9-17;1-2/h5-9H,4H2,1-3H3;1-2H3. The quantitative estimate of drug-likeness (QED) is 0.778. The summed E-state index contributed by atoms with van der Waals surface area (Å²) in [5.74, 6) is 0.545. The van der Waals surface area contributed by atoms with Crippen LogP contribution < -0.4 is 0 Å². The highest BCUT2D eigenvalue weighted by Crippen LogP contribution is 2.26. The summed E-state index contributed by atoms with van der Waals surface area (Å²) in [6, 6.07) is 0. The third-order valence-corrected chi connectivity index (χ3v) is 2.79. The molecular weight excluding hydrogens is 252 g/mol. The van der Waals surface area contributed by atoms with E-state index in [9.17, 15) is 4.79 Å². The smallest absolute Gasteiger partial charge is 0.235 e. The molecule has 20 heavy (non-hydrogen) atoms. The van der Waals surface area contributed by atoms with Gasteiger partial charge in [-0.15, -0.1) is 0 Å². The maximum Gasteiger partial charge on any atom is 0.235 e. The molecule has 0 saturated heterocycles. The summed E-state index contributed by atoms with van der Waals surface area (Å²) in [5, 5.41) is 0. The number of carbonyl (C=O) groups excluding carboxylic acids is 1. The molecule has 0 fully saturated rings. The number of rotatable bonds is 2. The van der Waals surface area contributed by atoms with E-state index in [1.807, 2.05) is 40.7 Å². The Bertz CT molecular complexity index is 536. The molecule has 5 heteroatoms. The third-order valence-electron chi connectivity index (χ3n) is 2.79. The van der Waals surface area contributed by atoms with E-state index in [-0.39, 0.29) is 0 Å². The Morgan fingerprint density at radius 2 is 2.00 bits per heavy atom. The van der Waals surface area contributed by atoms with Crippen molar-refractivity contribution in [3.8, 4) is 0 Å². The molecule has 0 aromatic carbocycles. The first kappa shape index (κ1) is 16.0. The molecule has 1 aliphatic rings. The zero-order valence-corrected chi connectivity index (χ0v) is 12.8. The van der Waals surface area contributed by atoms with Gasteiger partial charge in [0.25, 0.3) is 0 Å². The third kappa shape index (κ3) is 3.73. The van der Waals surface area contributed by atoms with Crippen molar-refractivity contribution >= 4 is 18.0 Å². The fourth-order valence-corrected chi connectivity index (χ4v) is 1.60. The number of aliphatic imine (C=N–C) groups is 2. The van der Waals surface area contributed by atoms with Gasteiger partial charge in [0.15, 0.2) is 0 Å². The molecule has 2 rings (SSSR count). The Kier molecular flexibility index (Phi) is 5.55. The Labute approximate surface area is 120 Å². The van der Waals surface area contributed by atoms with Crippen molar-refractivity contribution in [2.45, 2.75) is 41.0 Å². The lowest BCUT2D eigenvalue weighted by Gasteiger charge is -2.17. The van der Waals surface area contributed by atoms with E-state index in [2.05, 4.69) is 15.0 Å². The molecule has 0 atom stereocenters. The molecule has 0 unspecified atom stereocenters. The summed E-state index contributed by atoms with van der Waals surface area (Å²) >= 11 is 0. The van der Waals surface area contributed by atoms with E-state index in [1.54, 1.807) is 23.3 Å². The Hall–Kier alpha value is -2.04. The van der Waals surface area contributed by atoms with E-state index in [0.717, 1.165) is 17.7 Å². The van der Waals surface area contributed by atoms with E-state index in [4.69, 9.17) is 0 Å². The molecule has 1 aromatic heterocycles. The van der Waals surface area contributed by atoms with Crippen molar-refractivity contribution in [2.75, 3.05) is 0 Å². The van der Waals surface area contributed by atoms with Gasteiger partial charge < -0.3 is 4.79 Å². The maximum absolute atomic E-state index is 11.1. The monoisotopic (exact) mass is 274 g/mol. The van der Waals surface area contributed by atoms with Crippen LogP contribution in [0.4, 0.5) is 0 Å². The fourth-order valence-electron chi connectivity index (χ4n) is 1.60. The minimum Gasteiger partial charge on any atom is -0.302 e. The lowest BCUT2D eigenvalue weighted by molar-refractivity contribution is -0.113. The van der Waals surface area contributed by atoms with Gasteiger partial charge in [0.1, 0.15) is 12.6 Å². The summed E-state index contributed by atoms with van der Waals surface area (Å²) < 4.78 is 1.74. The summed E-state index contributed by atoms with van der Waals surface area (Å²) in [4.78, 5) is 24.1. The van der Waals surface area contributed by atoms with Crippen LogP contribution in [0.5, 0.6) is 0 Å². The normalized spacial score (nSPS) is 15.2. The molecule has 0 saturated carbocycles. The molecule has 0 radical (unpaired) electrons. The van der Waals surface area contributed by atoms with Crippen LogP contribution in [0.25, 0.3) is 0 Å². The van der Waals surface area contributed by atoms with E-state index < -0.39 is 5.41 Å². The molecule has 0 spiro atoms. The number of allylic oxidation sites excluding steroid dienone is 2. The van der Waals surface area contributed by atoms with Crippen molar-refractivity contribution in [2.24, 2.45) is 15.4 Å². The number of aromatic nitrogens is 2. The molecule has 108 valence electrons. The van der Waals surface area contributed by atoms with Crippen LogP contribution in [0.2, 0.25) is 0 Å². The van der Waals surface area contributed by atoms with Gasteiger partial charge in [-0.1, -0.05) is 19.9 Å². The second-order valence-corrected chi connectivity index (χ2v) is 4.86. The Morgan fingerprint density at radius 3 is 2.55 bits per heavy atom. The van der Waals surface area contributed by atoms with Gasteiger partial charge in [-0.05, 0) is 20.8 Å². The highest BCUT2D eigenvalue weighted by atomic mass is 16.1. The van der Waals surface area contributed by atoms with Gasteiger partial charge in [0.05, 0.1) is 11.1 Å². The molecule has 1 aromatic rings. The molecule has 1 aliphatic heterocycles. The Morgan fingerprint density at radius 1 is 1.30 bits per heavy atom. The zero-order chi connectivity index (χ0) is 15.2. The van der Waals surface area contributed by atoms with Crippen LogP contribution in [0.3, 0.4) is 0 Å². The fraction of sp³-hybridized carbons (Fsp3) is 0.467. The largest absolute Gasteiger partial charge is 0.302 e. The predicted octanol–water partition coefficient (Wildman–Crippen LogP) is 3.09. The lowest BCUT2D eigenvalue weighted by Crippen LogP contribution is -2.17. The van der Waals surface area contributed by atoms with Crippen molar-refractivity contribution < 1.29 is 4.79 Å². The van der Waals surface area contributed by atoms with Gasteiger partial charge in [-0.2, -0.15) is 0 Å². The SMILES string of the molecule is CC.CC1=NC(n2ccnc2)=NC(C(C)(C)C=O)=CC1. The maximum atomic E-state index is 11.1. The average molecular weight is 274 g/mol.